The number of rotatable bonds is 7. The summed E-state index contributed by atoms with van der Waals surface area (Å²) in [7, 11) is 0. The second-order valence-corrected chi connectivity index (χ2v) is 4.09. The lowest BCUT2D eigenvalue weighted by Crippen LogP contribution is -1.90. The van der Waals surface area contributed by atoms with Crippen LogP contribution in [0.2, 0.25) is 0 Å². The molecule has 0 heterocycles. The zero-order chi connectivity index (χ0) is 9.23. The van der Waals surface area contributed by atoms with Gasteiger partial charge in [0.15, 0.2) is 0 Å². The highest BCUT2D eigenvalue weighted by molar-refractivity contribution is 7.80. The monoisotopic (exact) mass is 203 g/mol. The third kappa shape index (κ3) is 10.2. The van der Waals surface area contributed by atoms with Crippen LogP contribution in [0.5, 0.6) is 0 Å². The number of unbranched alkanes of at least 4 members (excludes halogenated alkanes) is 3. The average molecular weight is 203 g/mol. The van der Waals surface area contributed by atoms with E-state index in [1.807, 2.05) is 0 Å². The van der Waals surface area contributed by atoms with E-state index in [9.17, 15) is 0 Å². The van der Waals surface area contributed by atoms with Crippen molar-refractivity contribution in [2.45, 2.75) is 44.3 Å². The summed E-state index contributed by atoms with van der Waals surface area (Å²) >= 11 is 8.77. The van der Waals surface area contributed by atoms with Gasteiger partial charge in [-0.25, -0.2) is 4.99 Å². The van der Waals surface area contributed by atoms with Gasteiger partial charge in [-0.15, -0.1) is 0 Å². The van der Waals surface area contributed by atoms with Crippen LogP contribution in [-0.2, 0) is 0 Å². The molecule has 0 fully saturated rings. The van der Waals surface area contributed by atoms with Crippen LogP contribution in [0.1, 0.15) is 39.0 Å². The number of hydrogen-bond donors (Lipinski definition) is 1. The van der Waals surface area contributed by atoms with Crippen molar-refractivity contribution in [3.63, 3.8) is 0 Å². The second kappa shape index (κ2) is 9.24. The lowest BCUT2D eigenvalue weighted by molar-refractivity contribution is 0.619. The summed E-state index contributed by atoms with van der Waals surface area (Å²) in [6.45, 7) is 2.99. The summed E-state index contributed by atoms with van der Waals surface area (Å²) in [6.07, 6.45) is 6.19. The fourth-order valence-electron chi connectivity index (χ4n) is 1.03. The lowest BCUT2D eigenvalue weighted by atomic mass is 10.1. The molecule has 0 amide bonds. The molecule has 1 unspecified atom stereocenters. The minimum atomic E-state index is 0.545. The topological polar surface area (TPSA) is 12.4 Å². The van der Waals surface area contributed by atoms with Gasteiger partial charge in [-0.2, -0.15) is 12.6 Å². The van der Waals surface area contributed by atoms with Crippen LogP contribution in [0.3, 0.4) is 0 Å². The predicted octanol–water partition coefficient (Wildman–Crippen LogP) is 3.36. The Morgan fingerprint density at radius 3 is 2.58 bits per heavy atom. The Balaban J connectivity index is 2.95. The third-order valence-electron chi connectivity index (χ3n) is 1.71. The maximum atomic E-state index is 4.46. The summed E-state index contributed by atoms with van der Waals surface area (Å²) in [5.74, 6) is 0. The molecule has 0 aliphatic rings. The zero-order valence-electron chi connectivity index (χ0n) is 7.62. The van der Waals surface area contributed by atoms with E-state index in [0.717, 1.165) is 13.0 Å². The van der Waals surface area contributed by atoms with Crippen LogP contribution >= 0.6 is 24.8 Å². The van der Waals surface area contributed by atoms with E-state index in [-0.39, 0.29) is 0 Å². The van der Waals surface area contributed by atoms with E-state index in [1.54, 1.807) is 0 Å². The molecule has 0 N–H and O–H groups in total. The molecule has 0 aromatic carbocycles. The van der Waals surface area contributed by atoms with Crippen molar-refractivity contribution in [3.8, 4) is 0 Å². The Morgan fingerprint density at radius 2 is 2.00 bits per heavy atom. The van der Waals surface area contributed by atoms with Crippen molar-refractivity contribution in [1.29, 1.82) is 0 Å². The van der Waals surface area contributed by atoms with Crippen LogP contribution in [0.15, 0.2) is 4.99 Å². The first-order valence-corrected chi connectivity index (χ1v) is 5.41. The van der Waals surface area contributed by atoms with Crippen molar-refractivity contribution in [2.24, 2.45) is 4.99 Å². The molecule has 1 atom stereocenters. The van der Waals surface area contributed by atoms with Crippen molar-refractivity contribution < 1.29 is 0 Å². The quantitative estimate of drug-likeness (QED) is 0.290. The molecule has 3 heteroatoms. The number of hydrogen-bond acceptors (Lipinski definition) is 3. The first-order valence-electron chi connectivity index (χ1n) is 4.49. The molecule has 0 aromatic rings. The smallest absolute Gasteiger partial charge is 0.0584 e. The van der Waals surface area contributed by atoms with Crippen molar-refractivity contribution in [1.82, 2.24) is 0 Å². The maximum Gasteiger partial charge on any atom is 0.0584 e. The highest BCUT2D eigenvalue weighted by Gasteiger charge is 1.94. The highest BCUT2D eigenvalue weighted by atomic mass is 32.1. The van der Waals surface area contributed by atoms with Gasteiger partial charge in [-0.3, -0.25) is 0 Å². The minimum absolute atomic E-state index is 0.545. The van der Waals surface area contributed by atoms with Gasteiger partial charge >= 0.3 is 0 Å². The average Bonchev–Trinajstić information content (AvgIpc) is 2.02. The first kappa shape index (κ1) is 12.2. The van der Waals surface area contributed by atoms with Gasteiger partial charge in [0.25, 0.3) is 0 Å². The van der Waals surface area contributed by atoms with Crippen LogP contribution in [0, 0.1) is 0 Å². The number of thiol groups is 1. The SMILES string of the molecule is CC(S)CCCCCCN=C=S. The van der Waals surface area contributed by atoms with E-state index in [2.05, 4.69) is 41.9 Å². The molecular formula is C9H17NS2. The summed E-state index contributed by atoms with van der Waals surface area (Å²) in [5.41, 5.74) is 0. The molecule has 0 rings (SSSR count). The fourth-order valence-corrected chi connectivity index (χ4v) is 1.30. The molecule has 0 bridgehead atoms. The number of thiocarbonyl (C=S) groups is 1. The molecule has 0 radical (unpaired) electrons. The second-order valence-electron chi connectivity index (χ2n) is 3.02. The third-order valence-corrected chi connectivity index (χ3v) is 2.09. The molecular weight excluding hydrogens is 186 g/mol. The van der Waals surface area contributed by atoms with Crippen LogP contribution in [0.25, 0.3) is 0 Å². The lowest BCUT2D eigenvalue weighted by Gasteiger charge is -2.02. The normalized spacial score (nSPS) is 12.2. The van der Waals surface area contributed by atoms with Gasteiger partial charge in [-0.1, -0.05) is 26.2 Å². The Hall–Kier alpha value is 0.150. The Labute approximate surface area is 86.1 Å². The molecule has 0 aromatic heterocycles. The number of aliphatic imine (C=N–C) groups is 1. The summed E-state index contributed by atoms with van der Waals surface area (Å²) in [6, 6.07) is 0. The van der Waals surface area contributed by atoms with Crippen LogP contribution in [0.4, 0.5) is 0 Å². The maximum absolute atomic E-state index is 4.46. The molecule has 1 nitrogen and oxygen atoms in total. The molecule has 0 saturated heterocycles. The van der Waals surface area contributed by atoms with Gasteiger partial charge in [0.1, 0.15) is 0 Å². The fraction of sp³-hybridized carbons (Fsp3) is 0.889. The summed E-state index contributed by atoms with van der Waals surface area (Å²) in [5, 5.41) is 2.92. The zero-order valence-corrected chi connectivity index (χ0v) is 9.33. The van der Waals surface area contributed by atoms with Gasteiger partial charge in [-0.05, 0) is 30.3 Å². The molecule has 12 heavy (non-hydrogen) atoms. The van der Waals surface area contributed by atoms with E-state index in [0.29, 0.717) is 5.25 Å². The van der Waals surface area contributed by atoms with Crippen LogP contribution in [-0.4, -0.2) is 17.0 Å². The van der Waals surface area contributed by atoms with Crippen molar-refractivity contribution >= 4 is 30.0 Å². The number of nitrogens with zero attached hydrogens (tertiary/aromatic N) is 1. The minimum Gasteiger partial charge on any atom is -0.233 e. The molecule has 0 aliphatic heterocycles. The Kier molecular flexibility index (Phi) is 9.36. The molecule has 0 aliphatic carbocycles. The highest BCUT2D eigenvalue weighted by Crippen LogP contribution is 2.08. The Bertz CT molecular complexity index is 139. The first-order chi connectivity index (χ1) is 5.77. The summed E-state index contributed by atoms with van der Waals surface area (Å²) in [4.78, 5) is 3.85. The van der Waals surface area contributed by atoms with Gasteiger partial charge in [0.05, 0.1) is 5.16 Å². The predicted molar refractivity (Wildman–Crippen MR) is 61.4 cm³/mol. The van der Waals surface area contributed by atoms with E-state index >= 15 is 0 Å². The van der Waals surface area contributed by atoms with Crippen molar-refractivity contribution in [2.75, 3.05) is 6.54 Å². The standard InChI is InChI=1S/C9H17NS2/c1-9(12)6-4-2-3-5-7-10-8-11/h9,12H,2-7H2,1H3. The van der Waals surface area contributed by atoms with Gasteiger partial charge in [0, 0.05) is 6.54 Å². The molecule has 70 valence electrons. The van der Waals surface area contributed by atoms with Crippen molar-refractivity contribution in [3.05, 3.63) is 0 Å². The van der Waals surface area contributed by atoms with E-state index in [1.165, 1.54) is 25.7 Å². The molecule has 0 saturated carbocycles. The summed E-state index contributed by atoms with van der Waals surface area (Å²) < 4.78 is 0. The van der Waals surface area contributed by atoms with Gasteiger partial charge < -0.3 is 0 Å². The van der Waals surface area contributed by atoms with Gasteiger partial charge in [0.2, 0.25) is 0 Å². The Morgan fingerprint density at radius 1 is 1.33 bits per heavy atom. The van der Waals surface area contributed by atoms with E-state index < -0.39 is 0 Å². The molecule has 0 spiro atoms. The largest absolute Gasteiger partial charge is 0.233 e. The van der Waals surface area contributed by atoms with Crippen LogP contribution < -0.4 is 0 Å². The number of isothiocyanates is 1. The van der Waals surface area contributed by atoms with E-state index in [4.69, 9.17) is 0 Å².